The number of rotatable bonds is 3. The maximum atomic E-state index is 13.2. The molecular formula is C23H28N6O2. The van der Waals surface area contributed by atoms with Gasteiger partial charge in [0.25, 0.3) is 5.56 Å². The SMILES string of the molecule is C[C@@H]1OCC2(CCN(c3nc4n[nH]c(C5(c6ccccc6)CC5)c4c(=O)[nH]3)CC2)[C@@H]1N. The molecule has 162 valence electrons. The minimum Gasteiger partial charge on any atom is -0.376 e. The van der Waals surface area contributed by atoms with E-state index in [4.69, 9.17) is 15.5 Å². The van der Waals surface area contributed by atoms with E-state index in [1.54, 1.807) is 0 Å². The molecule has 2 atom stereocenters. The number of piperidine rings is 1. The molecule has 1 saturated carbocycles. The van der Waals surface area contributed by atoms with Crippen LogP contribution in [-0.4, -0.2) is 52.0 Å². The average Bonchev–Trinajstić information content (AvgIpc) is 3.42. The molecule has 0 unspecified atom stereocenters. The Morgan fingerprint density at radius 3 is 2.55 bits per heavy atom. The Hall–Kier alpha value is -2.71. The predicted molar refractivity (Wildman–Crippen MR) is 118 cm³/mol. The summed E-state index contributed by atoms with van der Waals surface area (Å²) in [6.45, 7) is 4.36. The van der Waals surface area contributed by atoms with Gasteiger partial charge in [0.05, 0.1) is 18.4 Å². The molecule has 2 aromatic heterocycles. The molecule has 4 N–H and O–H groups in total. The van der Waals surface area contributed by atoms with Crippen molar-refractivity contribution in [3.05, 3.63) is 51.9 Å². The lowest BCUT2D eigenvalue weighted by atomic mass is 9.73. The van der Waals surface area contributed by atoms with Crippen LogP contribution < -0.4 is 16.2 Å². The van der Waals surface area contributed by atoms with Crippen LogP contribution in [0.15, 0.2) is 35.1 Å². The summed E-state index contributed by atoms with van der Waals surface area (Å²) in [5, 5.41) is 8.17. The molecule has 8 nitrogen and oxygen atoms in total. The highest BCUT2D eigenvalue weighted by Gasteiger charge is 2.49. The predicted octanol–water partition coefficient (Wildman–Crippen LogP) is 2.06. The van der Waals surface area contributed by atoms with Crippen molar-refractivity contribution >= 4 is 17.0 Å². The molecule has 0 bridgehead atoms. The van der Waals surface area contributed by atoms with Gasteiger partial charge in [0.1, 0.15) is 5.39 Å². The van der Waals surface area contributed by atoms with E-state index in [1.807, 2.05) is 18.2 Å². The molecule has 6 rings (SSSR count). The Bertz CT molecular complexity index is 1170. The molecule has 3 aliphatic rings. The third-order valence-corrected chi connectivity index (χ3v) is 7.87. The lowest BCUT2D eigenvalue weighted by Crippen LogP contribution is -2.51. The molecule has 2 saturated heterocycles. The number of anilines is 1. The summed E-state index contributed by atoms with van der Waals surface area (Å²) in [5.41, 5.74) is 8.79. The zero-order chi connectivity index (χ0) is 21.2. The summed E-state index contributed by atoms with van der Waals surface area (Å²) in [6, 6.07) is 10.4. The van der Waals surface area contributed by atoms with Crippen LogP contribution in [0.1, 0.15) is 43.9 Å². The fraction of sp³-hybridized carbons (Fsp3) is 0.522. The van der Waals surface area contributed by atoms with Crippen LogP contribution in [0.5, 0.6) is 0 Å². The summed E-state index contributed by atoms with van der Waals surface area (Å²) >= 11 is 0. The van der Waals surface area contributed by atoms with Gasteiger partial charge in [0.15, 0.2) is 5.65 Å². The maximum Gasteiger partial charge on any atom is 0.263 e. The van der Waals surface area contributed by atoms with Gasteiger partial charge in [-0.05, 0) is 38.2 Å². The number of benzene rings is 1. The van der Waals surface area contributed by atoms with Crippen molar-refractivity contribution in [1.29, 1.82) is 0 Å². The van der Waals surface area contributed by atoms with E-state index >= 15 is 0 Å². The summed E-state index contributed by atoms with van der Waals surface area (Å²) < 4.78 is 5.82. The first kappa shape index (κ1) is 19.0. The molecule has 1 spiro atoms. The van der Waals surface area contributed by atoms with Gasteiger partial charge in [-0.25, -0.2) is 0 Å². The number of nitrogens with zero attached hydrogens (tertiary/aromatic N) is 3. The third kappa shape index (κ3) is 2.78. The van der Waals surface area contributed by atoms with Crippen molar-refractivity contribution in [3.8, 4) is 0 Å². The highest BCUT2D eigenvalue weighted by molar-refractivity contribution is 5.80. The fourth-order valence-electron chi connectivity index (χ4n) is 5.62. The van der Waals surface area contributed by atoms with E-state index in [0.717, 1.165) is 51.1 Å². The molecule has 0 amide bonds. The van der Waals surface area contributed by atoms with Crippen molar-refractivity contribution in [1.82, 2.24) is 20.2 Å². The Labute approximate surface area is 180 Å². The van der Waals surface area contributed by atoms with Gasteiger partial charge in [-0.1, -0.05) is 30.3 Å². The van der Waals surface area contributed by atoms with Gasteiger partial charge in [-0.2, -0.15) is 10.1 Å². The van der Waals surface area contributed by atoms with Gasteiger partial charge in [-0.3, -0.25) is 14.9 Å². The van der Waals surface area contributed by atoms with E-state index in [2.05, 4.69) is 39.1 Å². The maximum absolute atomic E-state index is 13.2. The Balaban J connectivity index is 1.30. The molecule has 1 aliphatic carbocycles. The van der Waals surface area contributed by atoms with Gasteiger partial charge in [-0.15, -0.1) is 0 Å². The average molecular weight is 421 g/mol. The van der Waals surface area contributed by atoms with Gasteiger partial charge >= 0.3 is 0 Å². The lowest BCUT2D eigenvalue weighted by Gasteiger charge is -2.41. The number of ether oxygens (including phenoxy) is 1. The number of hydrogen-bond donors (Lipinski definition) is 3. The smallest absolute Gasteiger partial charge is 0.263 e. The van der Waals surface area contributed by atoms with Gasteiger partial charge < -0.3 is 15.4 Å². The van der Waals surface area contributed by atoms with Crippen LogP contribution in [0, 0.1) is 5.41 Å². The first-order valence-electron chi connectivity index (χ1n) is 11.2. The second-order valence-corrected chi connectivity index (χ2v) is 9.53. The summed E-state index contributed by atoms with van der Waals surface area (Å²) in [7, 11) is 0. The van der Waals surface area contributed by atoms with E-state index in [-0.39, 0.29) is 28.5 Å². The second kappa shape index (κ2) is 6.64. The first-order chi connectivity index (χ1) is 15.0. The summed E-state index contributed by atoms with van der Waals surface area (Å²) in [6.07, 6.45) is 3.98. The standard InChI is InChI=1S/C23H28N6O2/c1-14-17(24)22(13-31-14)9-11-29(12-10-22)21-25-19-16(20(30)26-21)18(27-28-19)23(7-8-23)15-5-3-2-4-6-15/h2-6,14,17H,7-13,24H2,1H3,(H2,25,26,27,28,30)/t14-,17+/m0/s1. The molecule has 2 aliphatic heterocycles. The largest absolute Gasteiger partial charge is 0.376 e. The highest BCUT2D eigenvalue weighted by atomic mass is 16.5. The fourth-order valence-corrected chi connectivity index (χ4v) is 5.62. The Morgan fingerprint density at radius 2 is 1.90 bits per heavy atom. The highest BCUT2D eigenvalue weighted by Crippen LogP contribution is 2.53. The number of nitrogens with two attached hydrogens (primary N) is 1. The van der Waals surface area contributed by atoms with Crippen molar-refractivity contribution in [2.45, 2.75) is 50.2 Å². The number of aromatic amines is 2. The van der Waals surface area contributed by atoms with Crippen LogP contribution in [0.25, 0.3) is 11.0 Å². The molecule has 0 radical (unpaired) electrons. The van der Waals surface area contributed by atoms with Crippen LogP contribution >= 0.6 is 0 Å². The molecule has 4 heterocycles. The lowest BCUT2D eigenvalue weighted by molar-refractivity contribution is 0.0973. The van der Waals surface area contributed by atoms with E-state index in [0.29, 0.717) is 17.0 Å². The van der Waals surface area contributed by atoms with Crippen LogP contribution in [0.2, 0.25) is 0 Å². The topological polar surface area (TPSA) is 113 Å². The number of fused-ring (bicyclic) bond motifs is 1. The molecule has 1 aromatic carbocycles. The molecular weight excluding hydrogens is 392 g/mol. The second-order valence-electron chi connectivity index (χ2n) is 9.53. The number of hydrogen-bond acceptors (Lipinski definition) is 6. The van der Waals surface area contributed by atoms with Crippen molar-refractivity contribution < 1.29 is 4.74 Å². The number of H-pyrrole nitrogens is 2. The molecule has 31 heavy (non-hydrogen) atoms. The van der Waals surface area contributed by atoms with Crippen molar-refractivity contribution in [2.75, 3.05) is 24.6 Å². The third-order valence-electron chi connectivity index (χ3n) is 7.87. The van der Waals surface area contributed by atoms with Crippen molar-refractivity contribution in [2.24, 2.45) is 11.1 Å². The molecule has 3 fully saturated rings. The van der Waals surface area contributed by atoms with E-state index in [1.165, 1.54) is 5.56 Å². The van der Waals surface area contributed by atoms with E-state index in [9.17, 15) is 4.79 Å². The zero-order valence-corrected chi connectivity index (χ0v) is 17.7. The van der Waals surface area contributed by atoms with Gasteiger partial charge in [0.2, 0.25) is 5.95 Å². The summed E-state index contributed by atoms with van der Waals surface area (Å²) in [4.78, 5) is 23.1. The number of nitrogens with one attached hydrogen (secondary N) is 2. The van der Waals surface area contributed by atoms with Gasteiger partial charge in [0, 0.05) is 30.0 Å². The van der Waals surface area contributed by atoms with Crippen molar-refractivity contribution in [3.63, 3.8) is 0 Å². The minimum absolute atomic E-state index is 0.0356. The number of aromatic nitrogens is 4. The Morgan fingerprint density at radius 1 is 1.16 bits per heavy atom. The summed E-state index contributed by atoms with van der Waals surface area (Å²) in [5.74, 6) is 0.593. The molecule has 3 aromatic rings. The van der Waals surface area contributed by atoms with Crippen LogP contribution in [-0.2, 0) is 10.2 Å². The van der Waals surface area contributed by atoms with Crippen LogP contribution in [0.3, 0.4) is 0 Å². The normalized spacial score (nSPS) is 26.6. The molecule has 8 heteroatoms. The quantitative estimate of drug-likeness (QED) is 0.598. The first-order valence-corrected chi connectivity index (χ1v) is 11.2. The zero-order valence-electron chi connectivity index (χ0n) is 17.7. The van der Waals surface area contributed by atoms with Crippen LogP contribution in [0.4, 0.5) is 5.95 Å². The Kier molecular flexibility index (Phi) is 4.07. The minimum atomic E-state index is -0.154. The van der Waals surface area contributed by atoms with E-state index < -0.39 is 0 Å². The monoisotopic (exact) mass is 420 g/mol.